The molecule has 0 spiro atoms. The molecule has 2 aliphatic rings. The second kappa shape index (κ2) is 9.75. The van der Waals surface area contributed by atoms with E-state index in [-0.39, 0.29) is 23.7 Å². The number of halogens is 1. The van der Waals surface area contributed by atoms with Gasteiger partial charge >= 0.3 is 0 Å². The van der Waals surface area contributed by atoms with Crippen molar-refractivity contribution in [3.8, 4) is 0 Å². The van der Waals surface area contributed by atoms with Gasteiger partial charge in [-0.05, 0) is 47.7 Å². The summed E-state index contributed by atoms with van der Waals surface area (Å²) in [5.41, 5.74) is 4.85. The third-order valence-corrected chi connectivity index (χ3v) is 6.92. The lowest BCUT2D eigenvalue weighted by atomic mass is 9.83. The Balaban J connectivity index is 1.30. The fourth-order valence-corrected chi connectivity index (χ4v) is 5.21. The number of rotatable bonds is 6. The molecule has 1 amide bonds. The van der Waals surface area contributed by atoms with Crippen LogP contribution in [0.1, 0.15) is 16.7 Å². The van der Waals surface area contributed by atoms with E-state index in [1.165, 1.54) is 28.9 Å². The van der Waals surface area contributed by atoms with E-state index in [9.17, 15) is 9.18 Å². The van der Waals surface area contributed by atoms with Gasteiger partial charge in [-0.25, -0.2) is 4.39 Å². The van der Waals surface area contributed by atoms with Crippen molar-refractivity contribution in [2.75, 3.05) is 31.1 Å². The molecule has 3 aromatic carbocycles. The maximum absolute atomic E-state index is 13.4. The highest BCUT2D eigenvalue weighted by molar-refractivity contribution is 5.82. The van der Waals surface area contributed by atoms with Crippen molar-refractivity contribution < 1.29 is 9.18 Å². The molecular weight excluding hydrogens is 413 g/mol. The van der Waals surface area contributed by atoms with E-state index in [4.69, 9.17) is 0 Å². The molecule has 5 heteroatoms. The van der Waals surface area contributed by atoms with Crippen LogP contribution < -0.4 is 10.2 Å². The predicted octanol–water partition coefficient (Wildman–Crippen LogP) is 4.05. The highest BCUT2D eigenvalue weighted by Crippen LogP contribution is 2.36. The summed E-state index contributed by atoms with van der Waals surface area (Å²) in [5, 5.41) is 3.21. The number of benzene rings is 3. The minimum absolute atomic E-state index is 0.0910. The summed E-state index contributed by atoms with van der Waals surface area (Å²) in [7, 11) is 0. The molecule has 4 nitrogen and oxygen atoms in total. The lowest BCUT2D eigenvalue weighted by Gasteiger charge is -2.49. The smallest absolute Gasteiger partial charge is 0.225 e. The van der Waals surface area contributed by atoms with Crippen LogP contribution in [0.5, 0.6) is 0 Å². The molecule has 2 aliphatic heterocycles. The van der Waals surface area contributed by atoms with Crippen LogP contribution in [0.4, 0.5) is 10.1 Å². The Morgan fingerprint density at radius 1 is 0.909 bits per heavy atom. The zero-order valence-electron chi connectivity index (χ0n) is 18.8. The number of amides is 1. The molecule has 0 unspecified atom stereocenters. The van der Waals surface area contributed by atoms with E-state index in [2.05, 4.69) is 51.5 Å². The number of nitrogens with one attached hydrogen (secondary N) is 1. The number of hydrogen-bond acceptors (Lipinski definition) is 3. The Labute approximate surface area is 195 Å². The summed E-state index contributed by atoms with van der Waals surface area (Å²) in [4.78, 5) is 18.2. The first-order valence-corrected chi connectivity index (χ1v) is 11.8. The van der Waals surface area contributed by atoms with E-state index in [0.717, 1.165) is 44.6 Å². The van der Waals surface area contributed by atoms with E-state index in [1.807, 2.05) is 30.3 Å². The number of piperazine rings is 1. The maximum Gasteiger partial charge on any atom is 0.225 e. The summed E-state index contributed by atoms with van der Waals surface area (Å²) in [5.74, 6) is -0.162. The first-order chi connectivity index (χ1) is 16.2. The highest BCUT2D eigenvalue weighted by atomic mass is 19.1. The molecule has 1 N–H and O–H groups in total. The van der Waals surface area contributed by atoms with E-state index < -0.39 is 0 Å². The number of carbonyl (C=O) groups is 1. The van der Waals surface area contributed by atoms with Crippen molar-refractivity contribution in [1.82, 2.24) is 10.2 Å². The summed E-state index contributed by atoms with van der Waals surface area (Å²) in [6.45, 7) is 4.05. The van der Waals surface area contributed by atoms with Crippen LogP contribution in [-0.2, 0) is 24.2 Å². The van der Waals surface area contributed by atoms with Crippen molar-refractivity contribution in [3.63, 3.8) is 0 Å². The van der Waals surface area contributed by atoms with E-state index >= 15 is 0 Å². The summed E-state index contributed by atoms with van der Waals surface area (Å²) >= 11 is 0. The molecule has 2 heterocycles. The second-order valence-electron chi connectivity index (χ2n) is 9.09. The van der Waals surface area contributed by atoms with Crippen LogP contribution in [0.15, 0.2) is 78.9 Å². The third-order valence-electron chi connectivity index (χ3n) is 6.92. The summed E-state index contributed by atoms with van der Waals surface area (Å²) in [6.07, 6.45) is 1.60. The first-order valence-electron chi connectivity index (χ1n) is 11.8. The minimum Gasteiger partial charge on any atom is -0.365 e. The fraction of sp³-hybridized carbons (Fsp3) is 0.321. The van der Waals surface area contributed by atoms with Crippen LogP contribution >= 0.6 is 0 Å². The molecule has 0 radical (unpaired) electrons. The largest absolute Gasteiger partial charge is 0.365 e. The Morgan fingerprint density at radius 3 is 2.48 bits per heavy atom. The maximum atomic E-state index is 13.4. The molecule has 1 fully saturated rings. The van der Waals surface area contributed by atoms with Crippen LogP contribution in [0.2, 0.25) is 0 Å². The van der Waals surface area contributed by atoms with Gasteiger partial charge in [0.15, 0.2) is 0 Å². The fourth-order valence-electron chi connectivity index (χ4n) is 5.21. The quantitative estimate of drug-likeness (QED) is 0.625. The third kappa shape index (κ3) is 4.93. The van der Waals surface area contributed by atoms with Gasteiger partial charge in [-0.3, -0.25) is 9.69 Å². The molecule has 1 saturated heterocycles. The van der Waals surface area contributed by atoms with Gasteiger partial charge in [0, 0.05) is 38.4 Å². The van der Waals surface area contributed by atoms with Gasteiger partial charge in [0.05, 0.1) is 12.0 Å². The monoisotopic (exact) mass is 443 g/mol. The molecule has 170 valence electrons. The summed E-state index contributed by atoms with van der Waals surface area (Å²) in [6, 6.07) is 25.6. The number of anilines is 1. The van der Waals surface area contributed by atoms with Gasteiger partial charge in [0.2, 0.25) is 5.91 Å². The molecule has 0 bridgehead atoms. The Morgan fingerprint density at radius 2 is 1.67 bits per heavy atom. The van der Waals surface area contributed by atoms with Gasteiger partial charge in [0.25, 0.3) is 0 Å². The van der Waals surface area contributed by atoms with Crippen LogP contribution in [0, 0.1) is 11.7 Å². The molecule has 0 aliphatic carbocycles. The Bertz CT molecular complexity index is 1090. The van der Waals surface area contributed by atoms with Crippen molar-refractivity contribution in [2.45, 2.75) is 25.4 Å². The topological polar surface area (TPSA) is 35.6 Å². The number of carbonyl (C=O) groups excluding carboxylic acids is 1. The van der Waals surface area contributed by atoms with Crippen molar-refractivity contribution in [2.24, 2.45) is 5.92 Å². The lowest BCUT2D eigenvalue weighted by molar-refractivity contribution is -0.126. The highest BCUT2D eigenvalue weighted by Gasteiger charge is 2.41. The average molecular weight is 444 g/mol. The number of fused-ring (bicyclic) bond motifs is 3. The Kier molecular flexibility index (Phi) is 6.40. The number of para-hydroxylation sites is 1. The van der Waals surface area contributed by atoms with Gasteiger partial charge in [0.1, 0.15) is 5.82 Å². The molecular formula is C28H30FN3O. The molecule has 0 aromatic heterocycles. The Hall–Kier alpha value is -3.18. The van der Waals surface area contributed by atoms with Gasteiger partial charge in [-0.1, -0.05) is 60.7 Å². The van der Waals surface area contributed by atoms with Crippen molar-refractivity contribution in [3.05, 3.63) is 101 Å². The zero-order chi connectivity index (χ0) is 22.6. The molecule has 3 aromatic rings. The normalized spacial score (nSPS) is 20.1. The van der Waals surface area contributed by atoms with Crippen LogP contribution in [0.3, 0.4) is 0 Å². The standard InChI is InChI=1S/C28H30FN3O/c29-24-12-10-22(11-13-24)19-31-16-17-32-26-9-5-4-8-23(26)18-25(27(32)20-31)28(33)30-15-14-21-6-2-1-3-7-21/h1-13,25,27H,14-20H2,(H,30,33)/t25-,27-/m1/s1. The second-order valence-corrected chi connectivity index (χ2v) is 9.09. The average Bonchev–Trinajstić information content (AvgIpc) is 2.85. The number of hydrogen-bond donors (Lipinski definition) is 1. The SMILES string of the molecule is O=C(NCCc1ccccc1)[C@@H]1Cc2ccccc2N2CCN(Cc3ccc(F)cc3)C[C@H]12. The van der Waals surface area contributed by atoms with E-state index in [1.54, 1.807) is 0 Å². The summed E-state index contributed by atoms with van der Waals surface area (Å²) < 4.78 is 13.3. The zero-order valence-corrected chi connectivity index (χ0v) is 18.8. The van der Waals surface area contributed by atoms with Crippen LogP contribution in [0.25, 0.3) is 0 Å². The molecule has 5 rings (SSSR count). The predicted molar refractivity (Wildman–Crippen MR) is 130 cm³/mol. The van der Waals surface area contributed by atoms with Crippen molar-refractivity contribution >= 4 is 11.6 Å². The van der Waals surface area contributed by atoms with Crippen molar-refractivity contribution in [1.29, 1.82) is 0 Å². The van der Waals surface area contributed by atoms with Crippen LogP contribution in [-0.4, -0.2) is 43.0 Å². The van der Waals surface area contributed by atoms with Gasteiger partial charge in [-0.2, -0.15) is 0 Å². The van der Waals surface area contributed by atoms with Gasteiger partial charge < -0.3 is 10.2 Å². The lowest BCUT2D eigenvalue weighted by Crippen LogP contribution is -2.61. The minimum atomic E-state index is -0.209. The molecule has 0 saturated carbocycles. The first kappa shape index (κ1) is 21.7. The number of nitrogens with zero attached hydrogens (tertiary/aromatic N) is 2. The van der Waals surface area contributed by atoms with E-state index in [0.29, 0.717) is 6.54 Å². The van der Waals surface area contributed by atoms with Gasteiger partial charge in [-0.15, -0.1) is 0 Å². The molecule has 2 atom stereocenters. The molecule has 33 heavy (non-hydrogen) atoms.